The van der Waals surface area contributed by atoms with Gasteiger partial charge in [0.1, 0.15) is 12.6 Å². The molecular weight excluding hydrogens is 464 g/mol. The van der Waals surface area contributed by atoms with Gasteiger partial charge in [0.15, 0.2) is 0 Å². The van der Waals surface area contributed by atoms with Gasteiger partial charge in [0, 0.05) is 6.42 Å². The molecule has 0 heterocycles. The molecule has 6 nitrogen and oxygen atoms in total. The topological polar surface area (TPSA) is 95.5 Å². The molecule has 37 heavy (non-hydrogen) atoms. The molecule has 0 bridgehead atoms. The number of aliphatic carboxylic acids is 1. The highest BCUT2D eigenvalue weighted by atomic mass is 16.4. The predicted molar refractivity (Wildman–Crippen MR) is 151 cm³/mol. The lowest BCUT2D eigenvalue weighted by Gasteiger charge is -2.18. The van der Waals surface area contributed by atoms with E-state index in [2.05, 4.69) is 17.6 Å². The second-order valence-corrected chi connectivity index (χ2v) is 10.3. The molecule has 0 aliphatic rings. The molecular formula is C31H52N2O4. The van der Waals surface area contributed by atoms with E-state index in [-0.39, 0.29) is 5.91 Å². The summed E-state index contributed by atoms with van der Waals surface area (Å²) in [7, 11) is 0. The van der Waals surface area contributed by atoms with Crippen molar-refractivity contribution in [3.8, 4) is 0 Å². The fourth-order valence-corrected chi connectivity index (χ4v) is 4.63. The van der Waals surface area contributed by atoms with Crippen molar-refractivity contribution in [3.05, 3.63) is 35.9 Å². The van der Waals surface area contributed by atoms with E-state index in [4.69, 9.17) is 5.11 Å². The number of amides is 2. The summed E-state index contributed by atoms with van der Waals surface area (Å²) in [6, 6.07) is 8.02. The molecule has 1 unspecified atom stereocenters. The van der Waals surface area contributed by atoms with Gasteiger partial charge in [0.2, 0.25) is 11.8 Å². The number of carboxylic acids is 1. The Kier molecular flexibility index (Phi) is 20.1. The fourth-order valence-electron chi connectivity index (χ4n) is 4.63. The average Bonchev–Trinajstić information content (AvgIpc) is 2.90. The summed E-state index contributed by atoms with van der Waals surface area (Å²) >= 11 is 0. The van der Waals surface area contributed by atoms with Gasteiger partial charge in [-0.1, -0.05) is 146 Å². The molecule has 2 amide bonds. The van der Waals surface area contributed by atoms with Crippen LogP contribution in [0.15, 0.2) is 30.3 Å². The van der Waals surface area contributed by atoms with Gasteiger partial charge in [0.05, 0.1) is 0 Å². The first-order chi connectivity index (χ1) is 18.0. The Bertz CT molecular complexity index is 723. The summed E-state index contributed by atoms with van der Waals surface area (Å²) in [5.74, 6) is -1.82. The number of carbonyl (C=O) groups is 3. The second-order valence-electron chi connectivity index (χ2n) is 10.3. The van der Waals surface area contributed by atoms with Crippen LogP contribution in [0.25, 0.3) is 0 Å². The first-order valence-corrected chi connectivity index (χ1v) is 14.9. The Morgan fingerprint density at radius 1 is 0.676 bits per heavy atom. The molecule has 6 heteroatoms. The van der Waals surface area contributed by atoms with Crippen molar-refractivity contribution in [2.75, 3.05) is 6.54 Å². The highest BCUT2D eigenvalue weighted by Gasteiger charge is 2.22. The average molecular weight is 517 g/mol. The van der Waals surface area contributed by atoms with Gasteiger partial charge in [-0.2, -0.15) is 0 Å². The number of carboxylic acid groups (broad SMARTS) is 1. The molecule has 0 aliphatic heterocycles. The van der Waals surface area contributed by atoms with Gasteiger partial charge >= 0.3 is 5.97 Å². The Hall–Kier alpha value is -2.37. The largest absolute Gasteiger partial charge is 0.480 e. The third-order valence-electron chi connectivity index (χ3n) is 6.87. The van der Waals surface area contributed by atoms with Crippen molar-refractivity contribution in [1.82, 2.24) is 10.6 Å². The molecule has 1 rings (SSSR count). The van der Waals surface area contributed by atoms with Gasteiger partial charge in [-0.25, -0.2) is 0 Å². The summed E-state index contributed by atoms with van der Waals surface area (Å²) in [5, 5.41) is 13.9. The highest BCUT2D eigenvalue weighted by Crippen LogP contribution is 2.16. The van der Waals surface area contributed by atoms with Crippen LogP contribution >= 0.6 is 0 Å². The zero-order valence-electron chi connectivity index (χ0n) is 23.3. The van der Waals surface area contributed by atoms with Crippen LogP contribution in [0.1, 0.15) is 141 Å². The van der Waals surface area contributed by atoms with E-state index in [1.54, 1.807) is 24.3 Å². The number of rotatable bonds is 24. The lowest BCUT2D eigenvalue weighted by atomic mass is 10.0. The minimum atomic E-state index is -1.12. The van der Waals surface area contributed by atoms with Crippen molar-refractivity contribution in [2.45, 2.75) is 135 Å². The Morgan fingerprint density at radius 3 is 1.54 bits per heavy atom. The third kappa shape index (κ3) is 18.5. The van der Waals surface area contributed by atoms with E-state index in [0.717, 1.165) is 19.3 Å². The van der Waals surface area contributed by atoms with E-state index in [1.807, 2.05) is 6.07 Å². The van der Waals surface area contributed by atoms with Crippen molar-refractivity contribution < 1.29 is 19.5 Å². The minimum absolute atomic E-state index is 0.184. The Morgan fingerprint density at radius 2 is 1.11 bits per heavy atom. The molecule has 0 aromatic heterocycles. The molecule has 1 aromatic carbocycles. The molecule has 1 atom stereocenters. The zero-order chi connectivity index (χ0) is 27.0. The number of carbonyl (C=O) groups excluding carboxylic acids is 2. The summed E-state index contributed by atoms with van der Waals surface area (Å²) < 4.78 is 0. The maximum absolute atomic E-state index is 12.4. The van der Waals surface area contributed by atoms with E-state index < -0.39 is 24.5 Å². The maximum Gasteiger partial charge on any atom is 0.322 e. The summed E-state index contributed by atoms with van der Waals surface area (Å²) in [4.78, 5) is 35.6. The van der Waals surface area contributed by atoms with Crippen LogP contribution in [-0.4, -0.2) is 29.4 Å². The van der Waals surface area contributed by atoms with Crippen LogP contribution < -0.4 is 10.6 Å². The van der Waals surface area contributed by atoms with E-state index in [9.17, 15) is 14.4 Å². The maximum atomic E-state index is 12.4. The van der Waals surface area contributed by atoms with Crippen LogP contribution in [0.5, 0.6) is 0 Å². The first-order valence-electron chi connectivity index (χ1n) is 14.9. The summed E-state index contributed by atoms with van der Waals surface area (Å²) in [5.41, 5.74) is 0.636. The fraction of sp³-hybridized carbons (Fsp3) is 0.710. The van der Waals surface area contributed by atoms with Gasteiger partial charge in [-0.15, -0.1) is 0 Å². The monoisotopic (exact) mass is 516 g/mol. The number of unbranched alkanes of at least 4 members (excludes halogenated alkanes) is 17. The predicted octanol–water partition coefficient (Wildman–Crippen LogP) is 7.48. The molecule has 0 spiro atoms. The summed E-state index contributed by atoms with van der Waals surface area (Å²) in [6.45, 7) is 1.80. The smallest absolute Gasteiger partial charge is 0.322 e. The van der Waals surface area contributed by atoms with E-state index >= 15 is 0 Å². The molecule has 0 radical (unpaired) electrons. The van der Waals surface area contributed by atoms with Crippen LogP contribution in [-0.2, 0) is 14.4 Å². The molecule has 0 fully saturated rings. The number of hydrogen-bond acceptors (Lipinski definition) is 3. The van der Waals surface area contributed by atoms with Crippen LogP contribution in [0, 0.1) is 0 Å². The van der Waals surface area contributed by atoms with Crippen molar-refractivity contribution in [2.24, 2.45) is 0 Å². The molecule has 0 saturated heterocycles. The molecule has 210 valence electrons. The van der Waals surface area contributed by atoms with Gasteiger partial charge in [-0.05, 0) is 12.0 Å². The third-order valence-corrected chi connectivity index (χ3v) is 6.87. The Balaban J connectivity index is 2.03. The van der Waals surface area contributed by atoms with Crippen molar-refractivity contribution in [3.63, 3.8) is 0 Å². The van der Waals surface area contributed by atoms with E-state index in [1.165, 1.54) is 96.3 Å². The van der Waals surface area contributed by atoms with Crippen molar-refractivity contribution >= 4 is 17.8 Å². The Labute approximate surface area is 225 Å². The normalized spacial score (nSPS) is 11.7. The van der Waals surface area contributed by atoms with Gasteiger partial charge in [-0.3, -0.25) is 14.4 Å². The van der Waals surface area contributed by atoms with Gasteiger partial charge in [0.25, 0.3) is 0 Å². The molecule has 0 aliphatic carbocycles. The lowest BCUT2D eigenvalue weighted by Crippen LogP contribution is -2.42. The molecule has 3 N–H and O–H groups in total. The van der Waals surface area contributed by atoms with Crippen LogP contribution in [0.3, 0.4) is 0 Å². The minimum Gasteiger partial charge on any atom is -0.480 e. The van der Waals surface area contributed by atoms with Crippen LogP contribution in [0.2, 0.25) is 0 Å². The van der Waals surface area contributed by atoms with Crippen molar-refractivity contribution in [1.29, 1.82) is 0 Å². The van der Waals surface area contributed by atoms with Gasteiger partial charge < -0.3 is 15.7 Å². The zero-order valence-corrected chi connectivity index (χ0v) is 23.3. The standard InChI is InChI=1S/C31H52N2O4/c1-2-3-4-5-6-7-8-9-10-11-12-13-14-15-16-17-18-22-25-28(34)33-30(27-23-20-19-21-24-27)31(37)32-26-29(35)36/h19-21,23-24,30H,2-18,22,25-26H2,1H3,(H,32,37)(H,33,34)(H,35,36). The molecule has 0 saturated carbocycles. The number of nitrogens with one attached hydrogen (secondary N) is 2. The first kappa shape index (κ1) is 32.7. The SMILES string of the molecule is CCCCCCCCCCCCCCCCCCCCC(=O)NC(C(=O)NCC(=O)O)c1ccccc1. The molecule has 1 aromatic rings. The number of hydrogen-bond donors (Lipinski definition) is 3. The quantitative estimate of drug-likeness (QED) is 0.124. The number of benzene rings is 1. The lowest BCUT2D eigenvalue weighted by molar-refractivity contribution is -0.138. The summed E-state index contributed by atoms with van der Waals surface area (Å²) in [6.07, 6.45) is 23.8. The second kappa shape index (κ2) is 22.8. The van der Waals surface area contributed by atoms with E-state index in [0.29, 0.717) is 12.0 Å². The highest BCUT2D eigenvalue weighted by molar-refractivity contribution is 5.90. The van der Waals surface area contributed by atoms with Crippen LogP contribution in [0.4, 0.5) is 0 Å².